The van der Waals surface area contributed by atoms with Gasteiger partial charge in [-0.25, -0.2) is 0 Å². The summed E-state index contributed by atoms with van der Waals surface area (Å²) in [5.41, 5.74) is 0. The molecule has 0 unspecified atom stereocenters. The van der Waals surface area contributed by atoms with Crippen molar-refractivity contribution < 1.29 is 0 Å². The molecule has 0 aromatic rings. The van der Waals surface area contributed by atoms with Crippen molar-refractivity contribution in [3.63, 3.8) is 0 Å². The first-order valence-corrected chi connectivity index (χ1v) is 7.31. The fourth-order valence-corrected chi connectivity index (χ4v) is 1.77. The van der Waals surface area contributed by atoms with Gasteiger partial charge >= 0.3 is 0 Å². The molecular weight excluding hydrogens is 204 g/mol. The first-order valence-electron chi connectivity index (χ1n) is 7.31. The minimum Gasteiger partial charge on any atom is -0.120 e. The smallest absolute Gasteiger partial charge is 0.00886 e. The van der Waals surface area contributed by atoms with Crippen molar-refractivity contribution in [1.82, 2.24) is 0 Å². The van der Waals surface area contributed by atoms with E-state index in [9.17, 15) is 0 Å². The lowest BCUT2D eigenvalue weighted by atomic mass is 10.1. The third kappa shape index (κ3) is 15.1. The van der Waals surface area contributed by atoms with E-state index >= 15 is 0 Å². The van der Waals surface area contributed by atoms with Gasteiger partial charge in [-0.05, 0) is 19.3 Å². The molecule has 0 radical (unpaired) electrons. The first kappa shape index (κ1) is 16.1. The monoisotopic (exact) mass is 232 g/mol. The summed E-state index contributed by atoms with van der Waals surface area (Å²) in [6.45, 7) is 2.21. The van der Waals surface area contributed by atoms with Crippen molar-refractivity contribution in [2.45, 2.75) is 84.0 Å². The molecule has 0 bridgehead atoms. The van der Waals surface area contributed by atoms with Crippen molar-refractivity contribution in [1.29, 1.82) is 0 Å². The fourth-order valence-electron chi connectivity index (χ4n) is 1.77. The molecule has 0 N–H and O–H groups in total. The van der Waals surface area contributed by atoms with Crippen LogP contribution in [0, 0.1) is 24.2 Å². The molecule has 0 aliphatic carbocycles. The van der Waals surface area contributed by atoms with Crippen LogP contribution in [-0.4, -0.2) is 0 Å². The molecule has 96 valence electrons. The summed E-state index contributed by atoms with van der Waals surface area (Å²) in [6, 6.07) is 0. The Morgan fingerprint density at radius 1 is 0.647 bits per heavy atom. The van der Waals surface area contributed by atoms with E-state index in [4.69, 9.17) is 6.42 Å². The molecule has 0 aromatic heterocycles. The van der Waals surface area contributed by atoms with Gasteiger partial charge in [-0.2, -0.15) is 0 Å². The standard InChI is InChI=1S/C17H28/c1-3-5-7-9-11-13-15-17-16-14-12-10-8-6-4-2/h1H,4-9,11,13-17H2,2H3. The fraction of sp³-hybridized carbons (Fsp3) is 0.765. The Kier molecular flexibility index (Phi) is 14.3. The highest BCUT2D eigenvalue weighted by atomic mass is 14.0. The van der Waals surface area contributed by atoms with E-state index in [0.29, 0.717) is 0 Å². The molecule has 0 amide bonds. The largest absolute Gasteiger partial charge is 0.120 e. The Morgan fingerprint density at radius 3 is 1.65 bits per heavy atom. The summed E-state index contributed by atoms with van der Waals surface area (Å²) < 4.78 is 0. The quantitative estimate of drug-likeness (QED) is 0.353. The SMILES string of the molecule is C#CCCCCCCCCCC#CCCCC. The van der Waals surface area contributed by atoms with Crippen LogP contribution in [0.2, 0.25) is 0 Å². The second kappa shape index (κ2) is 15.1. The van der Waals surface area contributed by atoms with Gasteiger partial charge in [0.1, 0.15) is 0 Å². The zero-order valence-electron chi connectivity index (χ0n) is 11.6. The van der Waals surface area contributed by atoms with Crippen LogP contribution in [0.15, 0.2) is 0 Å². The average Bonchev–Trinajstić information content (AvgIpc) is 2.35. The third-order valence-electron chi connectivity index (χ3n) is 2.90. The van der Waals surface area contributed by atoms with Gasteiger partial charge in [0.15, 0.2) is 0 Å². The molecule has 0 aromatic carbocycles. The second-order valence-corrected chi connectivity index (χ2v) is 4.64. The lowest BCUT2D eigenvalue weighted by molar-refractivity contribution is 0.587. The summed E-state index contributed by atoms with van der Waals surface area (Å²) in [7, 11) is 0. The van der Waals surface area contributed by atoms with Gasteiger partial charge in [0.05, 0.1) is 0 Å². The maximum Gasteiger partial charge on any atom is 0.00886 e. The predicted octanol–water partition coefficient (Wildman–Crippen LogP) is 5.32. The molecule has 0 saturated carbocycles. The van der Waals surface area contributed by atoms with E-state index in [-0.39, 0.29) is 0 Å². The van der Waals surface area contributed by atoms with Crippen LogP contribution in [0.1, 0.15) is 84.0 Å². The van der Waals surface area contributed by atoms with E-state index in [1.54, 1.807) is 0 Å². The van der Waals surface area contributed by atoms with Crippen molar-refractivity contribution in [3.8, 4) is 24.2 Å². The summed E-state index contributed by atoms with van der Waals surface area (Å²) >= 11 is 0. The molecule has 0 aliphatic rings. The number of hydrogen-bond acceptors (Lipinski definition) is 0. The van der Waals surface area contributed by atoms with Crippen molar-refractivity contribution in [3.05, 3.63) is 0 Å². The number of terminal acetylenes is 1. The van der Waals surface area contributed by atoms with E-state index in [1.807, 2.05) is 0 Å². The molecule has 0 heteroatoms. The maximum atomic E-state index is 5.20. The van der Waals surface area contributed by atoms with E-state index in [0.717, 1.165) is 19.3 Å². The molecule has 0 rings (SSSR count). The van der Waals surface area contributed by atoms with Crippen LogP contribution >= 0.6 is 0 Å². The zero-order chi connectivity index (χ0) is 12.6. The summed E-state index contributed by atoms with van der Waals surface area (Å²) in [4.78, 5) is 0. The van der Waals surface area contributed by atoms with Crippen LogP contribution in [0.5, 0.6) is 0 Å². The summed E-state index contributed by atoms with van der Waals surface area (Å²) in [6.07, 6.45) is 20.1. The minimum atomic E-state index is 0.952. The van der Waals surface area contributed by atoms with Crippen LogP contribution in [0.3, 0.4) is 0 Å². The van der Waals surface area contributed by atoms with E-state index in [2.05, 4.69) is 24.7 Å². The number of rotatable bonds is 10. The molecular formula is C17H28. The first-order chi connectivity index (χ1) is 8.41. The van der Waals surface area contributed by atoms with Crippen molar-refractivity contribution >= 4 is 0 Å². The van der Waals surface area contributed by atoms with Crippen LogP contribution in [0.4, 0.5) is 0 Å². The van der Waals surface area contributed by atoms with Crippen molar-refractivity contribution in [2.75, 3.05) is 0 Å². The van der Waals surface area contributed by atoms with E-state index < -0.39 is 0 Å². The molecule has 0 atom stereocenters. The number of unbranched alkanes of at least 4 members (excludes halogenated alkanes) is 10. The van der Waals surface area contributed by atoms with Gasteiger partial charge in [-0.15, -0.1) is 24.2 Å². The zero-order valence-corrected chi connectivity index (χ0v) is 11.6. The Bertz CT molecular complexity index is 233. The summed E-state index contributed by atoms with van der Waals surface area (Å²) in [5, 5.41) is 0. The Labute approximate surface area is 109 Å². The predicted molar refractivity (Wildman–Crippen MR) is 77.7 cm³/mol. The Hall–Kier alpha value is -0.880. The molecule has 0 fully saturated rings. The van der Waals surface area contributed by atoms with E-state index in [1.165, 1.54) is 57.8 Å². The van der Waals surface area contributed by atoms with Gasteiger partial charge < -0.3 is 0 Å². The molecule has 0 spiro atoms. The Morgan fingerprint density at radius 2 is 1.12 bits per heavy atom. The molecule has 17 heavy (non-hydrogen) atoms. The van der Waals surface area contributed by atoms with Gasteiger partial charge in [-0.1, -0.05) is 45.4 Å². The van der Waals surface area contributed by atoms with Gasteiger partial charge in [0.2, 0.25) is 0 Å². The highest BCUT2D eigenvalue weighted by Crippen LogP contribution is 2.09. The van der Waals surface area contributed by atoms with Gasteiger partial charge in [0.25, 0.3) is 0 Å². The highest BCUT2D eigenvalue weighted by molar-refractivity contribution is 4.98. The van der Waals surface area contributed by atoms with Crippen LogP contribution < -0.4 is 0 Å². The second-order valence-electron chi connectivity index (χ2n) is 4.64. The molecule has 0 aliphatic heterocycles. The highest BCUT2D eigenvalue weighted by Gasteiger charge is 1.90. The van der Waals surface area contributed by atoms with Gasteiger partial charge in [-0.3, -0.25) is 0 Å². The minimum absolute atomic E-state index is 0.952. The summed E-state index contributed by atoms with van der Waals surface area (Å²) in [5.74, 6) is 9.20. The van der Waals surface area contributed by atoms with Crippen LogP contribution in [-0.2, 0) is 0 Å². The van der Waals surface area contributed by atoms with Crippen molar-refractivity contribution in [2.24, 2.45) is 0 Å². The number of hydrogen-bond donors (Lipinski definition) is 0. The normalized spacial score (nSPS) is 9.41. The lowest BCUT2D eigenvalue weighted by Crippen LogP contribution is -1.80. The third-order valence-corrected chi connectivity index (χ3v) is 2.90. The topological polar surface area (TPSA) is 0 Å². The lowest BCUT2D eigenvalue weighted by Gasteiger charge is -1.99. The van der Waals surface area contributed by atoms with Gasteiger partial charge in [0, 0.05) is 19.3 Å². The van der Waals surface area contributed by atoms with Crippen LogP contribution in [0.25, 0.3) is 0 Å². The Balaban J connectivity index is 3.02. The maximum absolute atomic E-state index is 5.20. The molecule has 0 heterocycles. The average molecular weight is 232 g/mol. The molecule has 0 saturated heterocycles. The molecule has 0 nitrogen and oxygen atoms in total.